The fraction of sp³-hybridized carbons (Fsp3) is 0.250. The zero-order valence-electron chi connectivity index (χ0n) is 13.1. The highest BCUT2D eigenvalue weighted by molar-refractivity contribution is 6.31. The van der Waals surface area contributed by atoms with Crippen molar-refractivity contribution in [3.05, 3.63) is 58.7 Å². The lowest BCUT2D eigenvalue weighted by Crippen LogP contribution is -2.33. The van der Waals surface area contributed by atoms with Crippen LogP contribution in [0.15, 0.2) is 42.6 Å². The predicted molar refractivity (Wildman–Crippen MR) is 88.9 cm³/mol. The molecule has 0 aliphatic rings. The predicted octanol–water partition coefficient (Wildman–Crippen LogP) is 2.07. The minimum absolute atomic E-state index is 0.127. The first-order chi connectivity index (χ1) is 11.7. The van der Waals surface area contributed by atoms with Gasteiger partial charge in [-0.25, -0.2) is 4.52 Å². The Morgan fingerprint density at radius 2 is 2.17 bits per heavy atom. The summed E-state index contributed by atoms with van der Waals surface area (Å²) >= 11 is 6.22. The molecule has 0 spiro atoms. The molecule has 0 saturated heterocycles. The number of aromatic nitrogens is 4. The zero-order valence-corrected chi connectivity index (χ0v) is 13.8. The second kappa shape index (κ2) is 7.37. The van der Waals surface area contributed by atoms with E-state index in [0.29, 0.717) is 35.9 Å². The smallest absolute Gasteiger partial charge is 0.254 e. The van der Waals surface area contributed by atoms with Crippen molar-refractivity contribution in [2.75, 3.05) is 20.3 Å². The molecule has 3 aromatic rings. The first kappa shape index (κ1) is 16.4. The van der Waals surface area contributed by atoms with Gasteiger partial charge in [0.2, 0.25) is 0 Å². The number of amides is 1. The van der Waals surface area contributed by atoms with Crippen LogP contribution in [0.3, 0.4) is 0 Å². The van der Waals surface area contributed by atoms with Crippen LogP contribution < -0.4 is 0 Å². The Bertz CT molecular complexity index is 851. The molecule has 1 amide bonds. The highest BCUT2D eigenvalue weighted by Crippen LogP contribution is 2.18. The number of halogens is 1. The maximum atomic E-state index is 12.9. The lowest BCUT2D eigenvalue weighted by Gasteiger charge is -2.23. The Labute approximate surface area is 143 Å². The quantitative estimate of drug-likeness (QED) is 0.683. The summed E-state index contributed by atoms with van der Waals surface area (Å²) in [6.45, 7) is 1.29. The summed E-state index contributed by atoms with van der Waals surface area (Å²) in [6.07, 6.45) is 1.66. The molecule has 3 rings (SSSR count). The first-order valence-electron chi connectivity index (χ1n) is 7.38. The molecule has 2 heterocycles. The van der Waals surface area contributed by atoms with E-state index in [2.05, 4.69) is 15.5 Å². The fourth-order valence-electron chi connectivity index (χ4n) is 2.34. The second-order valence-corrected chi connectivity index (χ2v) is 5.62. The summed E-state index contributed by atoms with van der Waals surface area (Å²) in [5.74, 6) is -0.127. The van der Waals surface area contributed by atoms with Gasteiger partial charge in [-0.05, 0) is 34.2 Å². The topological polar surface area (TPSA) is 72.6 Å². The van der Waals surface area contributed by atoms with Gasteiger partial charge in [-0.3, -0.25) is 4.79 Å². The van der Waals surface area contributed by atoms with Gasteiger partial charge >= 0.3 is 0 Å². The maximum absolute atomic E-state index is 12.9. The number of rotatable bonds is 6. The number of pyridine rings is 1. The molecule has 7 nitrogen and oxygen atoms in total. The highest BCUT2D eigenvalue weighted by atomic mass is 35.5. The van der Waals surface area contributed by atoms with E-state index < -0.39 is 0 Å². The number of fused-ring (bicyclic) bond motifs is 1. The van der Waals surface area contributed by atoms with Gasteiger partial charge in [-0.2, -0.15) is 0 Å². The average Bonchev–Trinajstić information content (AvgIpc) is 3.07. The van der Waals surface area contributed by atoms with Crippen LogP contribution in [0.25, 0.3) is 5.65 Å². The molecule has 0 radical (unpaired) electrons. The van der Waals surface area contributed by atoms with Gasteiger partial charge in [0.05, 0.1) is 6.61 Å². The average molecular weight is 346 g/mol. The Hall–Kier alpha value is -2.51. The molecule has 8 heteroatoms. The van der Waals surface area contributed by atoms with Crippen LogP contribution in [0.2, 0.25) is 5.02 Å². The molecule has 0 saturated carbocycles. The molecule has 2 aromatic heterocycles. The molecule has 0 atom stereocenters. The number of hydrogen-bond donors (Lipinski definition) is 0. The van der Waals surface area contributed by atoms with Gasteiger partial charge in [0.15, 0.2) is 5.65 Å². The molecular formula is C16H16ClN5O2. The molecule has 0 unspecified atom stereocenters. The first-order valence-corrected chi connectivity index (χ1v) is 7.76. The van der Waals surface area contributed by atoms with Crippen LogP contribution in [0.5, 0.6) is 0 Å². The van der Waals surface area contributed by atoms with E-state index in [-0.39, 0.29) is 5.91 Å². The monoisotopic (exact) mass is 345 g/mol. The third-order valence-electron chi connectivity index (χ3n) is 3.62. The molecular weight excluding hydrogens is 330 g/mol. The van der Waals surface area contributed by atoms with Crippen molar-refractivity contribution >= 4 is 23.2 Å². The minimum Gasteiger partial charge on any atom is -0.383 e. The van der Waals surface area contributed by atoms with Gasteiger partial charge in [0.1, 0.15) is 0 Å². The van der Waals surface area contributed by atoms with Gasteiger partial charge in [0, 0.05) is 37.0 Å². The molecule has 124 valence electrons. The number of tetrazole rings is 1. The molecule has 0 fully saturated rings. The SMILES string of the molecule is COCCN(Cc1ccccc1Cl)C(=O)c1ccn2nnnc2c1. The van der Waals surface area contributed by atoms with Crippen molar-refractivity contribution in [2.24, 2.45) is 0 Å². The van der Waals surface area contributed by atoms with E-state index in [9.17, 15) is 4.79 Å². The molecule has 0 bridgehead atoms. The number of methoxy groups -OCH3 is 1. The maximum Gasteiger partial charge on any atom is 0.254 e. The Morgan fingerprint density at radius 1 is 1.33 bits per heavy atom. The number of benzene rings is 1. The number of carbonyl (C=O) groups is 1. The van der Waals surface area contributed by atoms with Gasteiger partial charge in [-0.1, -0.05) is 29.8 Å². The third-order valence-corrected chi connectivity index (χ3v) is 3.99. The number of hydrogen-bond acceptors (Lipinski definition) is 5. The lowest BCUT2D eigenvalue weighted by molar-refractivity contribution is 0.0680. The number of ether oxygens (including phenoxy) is 1. The summed E-state index contributed by atoms with van der Waals surface area (Å²) in [5.41, 5.74) is 1.92. The van der Waals surface area contributed by atoms with Crippen LogP contribution in [0.4, 0.5) is 0 Å². The van der Waals surface area contributed by atoms with Gasteiger partial charge in [-0.15, -0.1) is 5.10 Å². The number of nitrogens with zero attached hydrogens (tertiary/aromatic N) is 5. The van der Waals surface area contributed by atoms with Crippen molar-refractivity contribution in [3.8, 4) is 0 Å². The highest BCUT2D eigenvalue weighted by Gasteiger charge is 2.18. The summed E-state index contributed by atoms with van der Waals surface area (Å²) in [6, 6.07) is 10.8. The lowest BCUT2D eigenvalue weighted by atomic mass is 10.1. The molecule has 1 aromatic carbocycles. The Morgan fingerprint density at radius 3 is 2.96 bits per heavy atom. The van der Waals surface area contributed by atoms with E-state index in [1.807, 2.05) is 24.3 Å². The summed E-state index contributed by atoms with van der Waals surface area (Å²) in [7, 11) is 1.60. The molecule has 0 aliphatic carbocycles. The largest absolute Gasteiger partial charge is 0.383 e. The minimum atomic E-state index is -0.127. The summed E-state index contributed by atoms with van der Waals surface area (Å²) in [5, 5.41) is 11.9. The number of carbonyl (C=O) groups excluding carboxylic acids is 1. The van der Waals surface area contributed by atoms with E-state index in [1.165, 1.54) is 4.52 Å². The molecule has 24 heavy (non-hydrogen) atoms. The molecule has 0 N–H and O–H groups in total. The molecule has 0 aliphatic heterocycles. The van der Waals surface area contributed by atoms with Crippen LogP contribution in [0.1, 0.15) is 15.9 Å². The zero-order chi connectivity index (χ0) is 16.9. The van der Waals surface area contributed by atoms with E-state index >= 15 is 0 Å². The fourth-order valence-corrected chi connectivity index (χ4v) is 2.54. The Balaban J connectivity index is 1.86. The van der Waals surface area contributed by atoms with E-state index in [4.69, 9.17) is 16.3 Å². The van der Waals surface area contributed by atoms with Crippen molar-refractivity contribution in [1.82, 2.24) is 24.9 Å². The van der Waals surface area contributed by atoms with Gasteiger partial charge < -0.3 is 9.64 Å². The van der Waals surface area contributed by atoms with Crippen molar-refractivity contribution < 1.29 is 9.53 Å². The summed E-state index contributed by atoms with van der Waals surface area (Å²) in [4.78, 5) is 14.6. The third kappa shape index (κ3) is 3.52. The van der Waals surface area contributed by atoms with E-state index in [1.54, 1.807) is 30.3 Å². The van der Waals surface area contributed by atoms with Crippen LogP contribution in [-0.4, -0.2) is 51.1 Å². The normalized spacial score (nSPS) is 10.9. The van der Waals surface area contributed by atoms with Crippen LogP contribution in [0, 0.1) is 0 Å². The standard InChI is InChI=1S/C16H16ClN5O2/c1-24-9-8-21(11-13-4-2-3-5-14(13)17)16(23)12-6-7-22-15(10-12)18-19-20-22/h2-7,10H,8-9,11H2,1H3. The van der Waals surface area contributed by atoms with Crippen molar-refractivity contribution in [2.45, 2.75) is 6.54 Å². The van der Waals surface area contributed by atoms with Gasteiger partial charge in [0.25, 0.3) is 5.91 Å². The summed E-state index contributed by atoms with van der Waals surface area (Å²) < 4.78 is 6.63. The Kier molecular flexibility index (Phi) is 5.02. The van der Waals surface area contributed by atoms with E-state index in [0.717, 1.165) is 5.56 Å². The van der Waals surface area contributed by atoms with Crippen molar-refractivity contribution in [1.29, 1.82) is 0 Å². The second-order valence-electron chi connectivity index (χ2n) is 5.21. The van der Waals surface area contributed by atoms with Crippen LogP contribution in [-0.2, 0) is 11.3 Å². The van der Waals surface area contributed by atoms with Crippen LogP contribution >= 0.6 is 11.6 Å². The van der Waals surface area contributed by atoms with Crippen molar-refractivity contribution in [3.63, 3.8) is 0 Å².